The zero-order valence-corrected chi connectivity index (χ0v) is 12.5. The van der Waals surface area contributed by atoms with Crippen LogP contribution in [0.4, 0.5) is 0 Å². The molecule has 0 unspecified atom stereocenters. The van der Waals surface area contributed by atoms with Crippen LogP contribution in [-0.2, 0) is 0 Å². The molecule has 4 rings (SSSR count). The number of para-hydroxylation sites is 3. The molecule has 0 aliphatic carbocycles. The molecule has 0 saturated heterocycles. The summed E-state index contributed by atoms with van der Waals surface area (Å²) in [5.41, 5.74) is 6.40. The minimum atomic E-state index is 0.349. The summed E-state index contributed by atoms with van der Waals surface area (Å²) < 4.78 is 2.30. The number of aromatic nitrogens is 3. The lowest BCUT2D eigenvalue weighted by atomic mass is 10.1. The summed E-state index contributed by atoms with van der Waals surface area (Å²) >= 11 is 0. The second-order valence-corrected chi connectivity index (χ2v) is 5.82. The molecule has 2 aromatic carbocycles. The average molecular weight is 275 g/mol. The van der Waals surface area contributed by atoms with Gasteiger partial charge in [0.1, 0.15) is 5.52 Å². The van der Waals surface area contributed by atoms with Crippen molar-refractivity contribution in [2.75, 3.05) is 0 Å². The Morgan fingerprint density at radius 3 is 2.33 bits per heavy atom. The van der Waals surface area contributed by atoms with Gasteiger partial charge in [0.2, 0.25) is 0 Å². The Hall–Kier alpha value is -2.42. The minimum Gasteiger partial charge on any atom is -0.321 e. The molecule has 0 amide bonds. The second-order valence-electron chi connectivity index (χ2n) is 5.82. The summed E-state index contributed by atoms with van der Waals surface area (Å²) in [4.78, 5) is 9.74. The van der Waals surface area contributed by atoms with E-state index in [1.54, 1.807) is 0 Å². The fourth-order valence-electron chi connectivity index (χ4n) is 3.12. The third-order valence-corrected chi connectivity index (χ3v) is 4.03. The summed E-state index contributed by atoms with van der Waals surface area (Å²) in [6, 6.07) is 14.8. The van der Waals surface area contributed by atoms with Crippen LogP contribution in [0.3, 0.4) is 0 Å². The van der Waals surface area contributed by atoms with Crippen LogP contribution in [0, 0.1) is 6.92 Å². The van der Waals surface area contributed by atoms with Crippen LogP contribution >= 0.6 is 0 Å². The topological polar surface area (TPSA) is 30.7 Å². The highest BCUT2D eigenvalue weighted by Crippen LogP contribution is 2.32. The van der Waals surface area contributed by atoms with Crippen LogP contribution in [0.5, 0.6) is 0 Å². The maximum Gasteiger partial charge on any atom is 0.160 e. The highest BCUT2D eigenvalue weighted by molar-refractivity contribution is 6.07. The van der Waals surface area contributed by atoms with Crippen LogP contribution < -0.4 is 0 Å². The monoisotopic (exact) mass is 275 g/mol. The van der Waals surface area contributed by atoms with Gasteiger partial charge in [0.25, 0.3) is 0 Å². The van der Waals surface area contributed by atoms with Crippen molar-refractivity contribution in [2.24, 2.45) is 0 Å². The lowest BCUT2D eigenvalue weighted by molar-refractivity contribution is 0.636. The molecule has 4 aromatic rings. The molecule has 3 heteroatoms. The Bertz CT molecular complexity index is 980. The molecule has 2 aromatic heterocycles. The number of hydrogen-bond acceptors (Lipinski definition) is 2. The Labute approximate surface area is 123 Å². The van der Waals surface area contributed by atoms with E-state index in [9.17, 15) is 0 Å². The van der Waals surface area contributed by atoms with E-state index in [1.165, 1.54) is 16.5 Å². The summed E-state index contributed by atoms with van der Waals surface area (Å²) in [6.07, 6.45) is 0. The van der Waals surface area contributed by atoms with E-state index in [-0.39, 0.29) is 0 Å². The Morgan fingerprint density at radius 2 is 1.62 bits per heavy atom. The molecule has 104 valence electrons. The zero-order chi connectivity index (χ0) is 14.6. The molecule has 3 nitrogen and oxygen atoms in total. The number of nitrogens with zero attached hydrogens (tertiary/aromatic N) is 3. The van der Waals surface area contributed by atoms with Crippen molar-refractivity contribution in [3.8, 4) is 0 Å². The van der Waals surface area contributed by atoms with Crippen LogP contribution in [0.25, 0.3) is 33.1 Å². The van der Waals surface area contributed by atoms with E-state index >= 15 is 0 Å². The number of fused-ring (bicyclic) bond motifs is 4. The molecular formula is C18H17N3. The first-order valence-electron chi connectivity index (χ1n) is 7.33. The van der Waals surface area contributed by atoms with Gasteiger partial charge in [-0.3, -0.25) is 0 Å². The van der Waals surface area contributed by atoms with E-state index in [0.29, 0.717) is 6.04 Å². The molecule has 2 heterocycles. The third kappa shape index (κ3) is 1.67. The van der Waals surface area contributed by atoms with Gasteiger partial charge >= 0.3 is 0 Å². The summed E-state index contributed by atoms with van der Waals surface area (Å²) in [7, 11) is 0. The van der Waals surface area contributed by atoms with Gasteiger partial charge in [0, 0.05) is 11.4 Å². The SMILES string of the molecule is Cc1cccc2c3nc4ccccc4nc3n(C(C)C)c12. The first-order valence-corrected chi connectivity index (χ1v) is 7.33. The standard InChI is InChI=1S/C18H17N3/c1-11(2)21-17-12(3)7-6-8-13(17)16-18(21)20-15-10-5-4-9-14(15)19-16/h4-11H,1-3H3. The van der Waals surface area contributed by atoms with Crippen LogP contribution in [0.2, 0.25) is 0 Å². The van der Waals surface area contributed by atoms with Crippen molar-refractivity contribution in [2.45, 2.75) is 26.8 Å². The predicted octanol–water partition coefficient (Wildman–Crippen LogP) is 4.63. The number of rotatable bonds is 1. The zero-order valence-electron chi connectivity index (χ0n) is 12.5. The molecule has 0 radical (unpaired) electrons. The quantitative estimate of drug-likeness (QED) is 0.507. The Morgan fingerprint density at radius 1 is 0.905 bits per heavy atom. The molecule has 0 atom stereocenters. The molecule has 0 saturated carbocycles. The third-order valence-electron chi connectivity index (χ3n) is 4.03. The van der Waals surface area contributed by atoms with E-state index in [0.717, 1.165) is 22.2 Å². The van der Waals surface area contributed by atoms with Crippen molar-refractivity contribution in [1.29, 1.82) is 0 Å². The first-order chi connectivity index (χ1) is 10.2. The first kappa shape index (κ1) is 12.3. The molecule has 0 aliphatic heterocycles. The Kier molecular flexibility index (Phi) is 2.52. The van der Waals surface area contributed by atoms with Gasteiger partial charge in [-0.15, -0.1) is 0 Å². The van der Waals surface area contributed by atoms with Gasteiger partial charge in [-0.1, -0.05) is 30.3 Å². The number of aryl methyl sites for hydroxylation is 1. The fraction of sp³-hybridized carbons (Fsp3) is 0.222. The summed E-state index contributed by atoms with van der Waals surface area (Å²) in [5, 5.41) is 1.19. The van der Waals surface area contributed by atoms with Crippen LogP contribution in [0.15, 0.2) is 42.5 Å². The van der Waals surface area contributed by atoms with Crippen molar-refractivity contribution in [3.05, 3.63) is 48.0 Å². The van der Waals surface area contributed by atoms with E-state index in [2.05, 4.69) is 43.5 Å². The normalized spacial score (nSPS) is 12.0. The van der Waals surface area contributed by atoms with Gasteiger partial charge in [-0.25, -0.2) is 9.97 Å². The smallest absolute Gasteiger partial charge is 0.160 e. The maximum atomic E-state index is 4.88. The lowest BCUT2D eigenvalue weighted by Gasteiger charge is -2.12. The van der Waals surface area contributed by atoms with Crippen molar-refractivity contribution in [1.82, 2.24) is 14.5 Å². The molecule has 0 aliphatic rings. The molecule has 0 spiro atoms. The lowest BCUT2D eigenvalue weighted by Crippen LogP contribution is -2.02. The van der Waals surface area contributed by atoms with Crippen molar-refractivity contribution >= 4 is 33.1 Å². The fourth-order valence-corrected chi connectivity index (χ4v) is 3.12. The average Bonchev–Trinajstić information content (AvgIpc) is 2.80. The second kappa shape index (κ2) is 4.29. The molecule has 0 fully saturated rings. The van der Waals surface area contributed by atoms with E-state index in [1.807, 2.05) is 24.3 Å². The Balaban J connectivity index is 2.31. The highest BCUT2D eigenvalue weighted by atomic mass is 15.1. The molecular weight excluding hydrogens is 258 g/mol. The van der Waals surface area contributed by atoms with Gasteiger partial charge in [-0.2, -0.15) is 0 Å². The van der Waals surface area contributed by atoms with E-state index in [4.69, 9.17) is 9.97 Å². The summed E-state index contributed by atoms with van der Waals surface area (Å²) in [6.45, 7) is 6.55. The highest BCUT2D eigenvalue weighted by Gasteiger charge is 2.17. The van der Waals surface area contributed by atoms with Gasteiger partial charge < -0.3 is 4.57 Å². The van der Waals surface area contributed by atoms with Gasteiger partial charge in [0.05, 0.1) is 16.6 Å². The molecule has 21 heavy (non-hydrogen) atoms. The predicted molar refractivity (Wildman–Crippen MR) is 87.7 cm³/mol. The van der Waals surface area contributed by atoms with Gasteiger partial charge in [0.15, 0.2) is 5.65 Å². The van der Waals surface area contributed by atoms with Crippen LogP contribution in [-0.4, -0.2) is 14.5 Å². The van der Waals surface area contributed by atoms with Crippen molar-refractivity contribution in [3.63, 3.8) is 0 Å². The summed E-state index contributed by atoms with van der Waals surface area (Å²) in [5.74, 6) is 0. The molecule has 0 N–H and O–H groups in total. The van der Waals surface area contributed by atoms with E-state index < -0.39 is 0 Å². The number of hydrogen-bond donors (Lipinski definition) is 0. The largest absolute Gasteiger partial charge is 0.321 e. The van der Waals surface area contributed by atoms with Gasteiger partial charge in [-0.05, 0) is 38.5 Å². The molecule has 0 bridgehead atoms. The maximum absolute atomic E-state index is 4.88. The number of benzene rings is 2. The van der Waals surface area contributed by atoms with Crippen LogP contribution in [0.1, 0.15) is 25.5 Å². The minimum absolute atomic E-state index is 0.349. The van der Waals surface area contributed by atoms with Crippen molar-refractivity contribution < 1.29 is 0 Å².